The van der Waals surface area contributed by atoms with E-state index in [4.69, 9.17) is 0 Å². The Hall–Kier alpha value is -1.67. The Bertz CT molecular complexity index is 485. The SMILES string of the molecule is COC(=O)C(F)(F)C(F)(F)C(F)(F)OC(F)(C(=O)F)C(F)(F)F. The topological polar surface area (TPSA) is 52.6 Å². The fraction of sp³-hybridized carbons (Fsp3) is 0.750. The van der Waals surface area contributed by atoms with Gasteiger partial charge in [0.05, 0.1) is 7.11 Å². The minimum absolute atomic E-state index is 0.0194. The molecule has 0 bridgehead atoms. The largest absolute Gasteiger partial charge is 0.464 e. The molecule has 1 unspecified atom stereocenters. The van der Waals surface area contributed by atoms with Crippen LogP contribution < -0.4 is 0 Å². The fourth-order valence-electron chi connectivity index (χ4n) is 0.889. The third-order valence-corrected chi connectivity index (χ3v) is 2.09. The molecule has 136 valence electrons. The lowest BCUT2D eigenvalue weighted by atomic mass is 10.1. The average molecular weight is 372 g/mol. The van der Waals surface area contributed by atoms with Crippen molar-refractivity contribution in [2.24, 2.45) is 0 Å². The molecule has 0 radical (unpaired) electrons. The summed E-state index contributed by atoms with van der Waals surface area (Å²) >= 11 is 0. The molecule has 0 fully saturated rings. The molecule has 0 aromatic heterocycles. The van der Waals surface area contributed by atoms with E-state index in [1.54, 1.807) is 4.74 Å². The van der Waals surface area contributed by atoms with Gasteiger partial charge in [-0.1, -0.05) is 0 Å². The van der Waals surface area contributed by atoms with Crippen molar-refractivity contribution in [2.45, 2.75) is 30.0 Å². The molecule has 0 N–H and O–H groups in total. The Morgan fingerprint density at radius 3 is 1.48 bits per heavy atom. The molecule has 0 aliphatic carbocycles. The molecule has 0 aromatic carbocycles. The van der Waals surface area contributed by atoms with Gasteiger partial charge >= 0.3 is 42.0 Å². The first-order chi connectivity index (χ1) is 9.88. The fourth-order valence-corrected chi connectivity index (χ4v) is 0.889. The van der Waals surface area contributed by atoms with Crippen LogP contribution >= 0.6 is 0 Å². The summed E-state index contributed by atoms with van der Waals surface area (Å²) < 4.78 is 143. The Morgan fingerprint density at radius 1 is 0.826 bits per heavy atom. The van der Waals surface area contributed by atoms with Crippen molar-refractivity contribution < 1.29 is 67.4 Å². The van der Waals surface area contributed by atoms with Crippen LogP contribution in [0.25, 0.3) is 0 Å². The number of rotatable bonds is 6. The van der Waals surface area contributed by atoms with Crippen LogP contribution in [-0.4, -0.2) is 49.1 Å². The van der Waals surface area contributed by atoms with E-state index in [0.29, 0.717) is 0 Å². The molecular formula is C8H3F11O4. The summed E-state index contributed by atoms with van der Waals surface area (Å²) in [5.74, 6) is -23.7. The smallest absolute Gasteiger partial charge is 0.459 e. The van der Waals surface area contributed by atoms with Gasteiger partial charge in [0.2, 0.25) is 0 Å². The van der Waals surface area contributed by atoms with E-state index in [-0.39, 0.29) is 7.11 Å². The van der Waals surface area contributed by atoms with E-state index in [2.05, 4.69) is 4.74 Å². The predicted molar refractivity (Wildman–Crippen MR) is 44.0 cm³/mol. The molecular weight excluding hydrogens is 369 g/mol. The van der Waals surface area contributed by atoms with Crippen molar-refractivity contribution in [3.8, 4) is 0 Å². The van der Waals surface area contributed by atoms with E-state index in [0.717, 1.165) is 0 Å². The monoisotopic (exact) mass is 372 g/mol. The Morgan fingerprint density at radius 2 is 1.22 bits per heavy atom. The van der Waals surface area contributed by atoms with E-state index < -0.39 is 42.0 Å². The van der Waals surface area contributed by atoms with Crippen LogP contribution in [0.5, 0.6) is 0 Å². The molecule has 15 heteroatoms. The van der Waals surface area contributed by atoms with E-state index in [9.17, 15) is 57.9 Å². The normalized spacial score (nSPS) is 16.7. The van der Waals surface area contributed by atoms with Crippen LogP contribution in [0, 0.1) is 0 Å². The standard InChI is InChI=1S/C8H3F11O4/c1-22-3(21)4(10,11)6(13,14)8(18,19)23-5(12,2(9)20)7(15,16)17/h1H3. The van der Waals surface area contributed by atoms with Crippen molar-refractivity contribution in [3.63, 3.8) is 0 Å². The lowest BCUT2D eigenvalue weighted by molar-refractivity contribution is -0.457. The van der Waals surface area contributed by atoms with Gasteiger partial charge in [-0.15, -0.1) is 0 Å². The number of hydrogen-bond acceptors (Lipinski definition) is 4. The van der Waals surface area contributed by atoms with E-state index in [1.165, 1.54) is 0 Å². The van der Waals surface area contributed by atoms with E-state index in [1.807, 2.05) is 0 Å². The molecule has 4 nitrogen and oxygen atoms in total. The van der Waals surface area contributed by atoms with Crippen LogP contribution in [-0.2, 0) is 19.1 Å². The quantitative estimate of drug-likeness (QED) is 0.409. The average Bonchev–Trinajstić information content (AvgIpc) is 2.34. The van der Waals surface area contributed by atoms with Gasteiger partial charge in [-0.05, 0) is 0 Å². The number of hydrogen-bond donors (Lipinski definition) is 0. The van der Waals surface area contributed by atoms with Crippen molar-refractivity contribution >= 4 is 12.0 Å². The van der Waals surface area contributed by atoms with Gasteiger partial charge in [-0.25, -0.2) is 4.79 Å². The molecule has 0 rings (SSSR count). The predicted octanol–water partition coefficient (Wildman–Crippen LogP) is 2.76. The molecule has 0 spiro atoms. The van der Waals surface area contributed by atoms with Crippen LogP contribution in [0.3, 0.4) is 0 Å². The van der Waals surface area contributed by atoms with Gasteiger partial charge in [0, 0.05) is 0 Å². The molecule has 0 amide bonds. The Balaban J connectivity index is 5.98. The van der Waals surface area contributed by atoms with Crippen molar-refractivity contribution in [1.82, 2.24) is 0 Å². The molecule has 0 saturated heterocycles. The lowest BCUT2D eigenvalue weighted by Gasteiger charge is -2.34. The number of carbonyl (C=O) groups excluding carboxylic acids is 2. The van der Waals surface area contributed by atoms with Crippen molar-refractivity contribution in [3.05, 3.63) is 0 Å². The molecule has 1 atom stereocenters. The number of alkyl halides is 10. The number of carbonyl (C=O) groups is 2. The lowest BCUT2D eigenvalue weighted by Crippen LogP contribution is -2.63. The molecule has 23 heavy (non-hydrogen) atoms. The summed E-state index contributed by atoms with van der Waals surface area (Å²) in [4.78, 5) is 20.1. The molecule has 0 aromatic rings. The van der Waals surface area contributed by atoms with Crippen LogP contribution in [0.4, 0.5) is 48.3 Å². The highest BCUT2D eigenvalue weighted by Crippen LogP contribution is 2.51. The zero-order chi connectivity index (χ0) is 19.1. The third-order valence-electron chi connectivity index (χ3n) is 2.09. The highest BCUT2D eigenvalue weighted by Gasteiger charge is 2.81. The highest BCUT2D eigenvalue weighted by molar-refractivity contribution is 5.79. The first-order valence-corrected chi connectivity index (χ1v) is 4.76. The summed E-state index contributed by atoms with van der Waals surface area (Å²) in [5.41, 5.74) is 0. The van der Waals surface area contributed by atoms with Gasteiger partial charge in [0.25, 0.3) is 0 Å². The zero-order valence-corrected chi connectivity index (χ0v) is 10.3. The van der Waals surface area contributed by atoms with E-state index >= 15 is 0 Å². The minimum Gasteiger partial charge on any atom is -0.464 e. The number of methoxy groups -OCH3 is 1. The maximum absolute atomic E-state index is 12.9. The number of halogens is 11. The second-order valence-corrected chi connectivity index (χ2v) is 3.63. The Kier molecular flexibility index (Phi) is 5.34. The van der Waals surface area contributed by atoms with Crippen LogP contribution in [0.15, 0.2) is 0 Å². The third kappa shape index (κ3) is 3.32. The number of esters is 1. The second-order valence-electron chi connectivity index (χ2n) is 3.63. The maximum Gasteiger partial charge on any atom is 0.459 e. The Labute approximate surface area is 118 Å². The number of ether oxygens (including phenoxy) is 2. The van der Waals surface area contributed by atoms with Crippen LogP contribution in [0.1, 0.15) is 0 Å². The summed E-state index contributed by atoms with van der Waals surface area (Å²) in [7, 11) is 0.0194. The van der Waals surface area contributed by atoms with Gasteiger partial charge in [0.15, 0.2) is 0 Å². The summed E-state index contributed by atoms with van der Waals surface area (Å²) in [6.07, 6.45) is -14.1. The summed E-state index contributed by atoms with van der Waals surface area (Å²) in [5, 5.41) is 0. The zero-order valence-electron chi connectivity index (χ0n) is 10.3. The minimum atomic E-state index is -7.16. The highest BCUT2D eigenvalue weighted by atomic mass is 19.4. The van der Waals surface area contributed by atoms with Gasteiger partial charge < -0.3 is 4.74 Å². The molecule has 0 aliphatic rings. The molecule has 0 saturated carbocycles. The summed E-state index contributed by atoms with van der Waals surface area (Å²) in [6.45, 7) is 0. The van der Waals surface area contributed by atoms with Crippen molar-refractivity contribution in [1.29, 1.82) is 0 Å². The second kappa shape index (κ2) is 5.76. The maximum atomic E-state index is 12.9. The van der Waals surface area contributed by atoms with Gasteiger partial charge in [-0.2, -0.15) is 48.3 Å². The summed E-state index contributed by atoms with van der Waals surface area (Å²) in [6, 6.07) is -4.37. The first-order valence-electron chi connectivity index (χ1n) is 4.76. The molecule has 0 heterocycles. The molecule has 0 aliphatic heterocycles. The van der Waals surface area contributed by atoms with Gasteiger partial charge in [0.1, 0.15) is 0 Å². The van der Waals surface area contributed by atoms with Crippen LogP contribution in [0.2, 0.25) is 0 Å². The first kappa shape index (κ1) is 21.3. The van der Waals surface area contributed by atoms with Gasteiger partial charge in [-0.3, -0.25) is 9.53 Å². The van der Waals surface area contributed by atoms with Crippen molar-refractivity contribution in [2.75, 3.05) is 7.11 Å².